The van der Waals surface area contributed by atoms with Crippen molar-refractivity contribution in [1.82, 2.24) is 0 Å². The van der Waals surface area contributed by atoms with Crippen LogP contribution in [0.5, 0.6) is 5.75 Å². The Hall–Kier alpha value is -1.95. The van der Waals surface area contributed by atoms with E-state index >= 15 is 0 Å². The largest absolute Gasteiger partial charge is 0.495 e. The molecule has 7 heteroatoms. The summed E-state index contributed by atoms with van der Waals surface area (Å²) >= 11 is 5.91. The molecule has 1 rings (SSSR count). The Labute approximate surface area is 122 Å². The lowest BCUT2D eigenvalue weighted by Crippen LogP contribution is -2.34. The van der Waals surface area contributed by atoms with Crippen LogP contribution in [0.3, 0.4) is 0 Å². The number of carbonyl (C=O) groups excluding carboxylic acids is 1. The first kappa shape index (κ1) is 16.1. The topological polar surface area (TPSA) is 96.9 Å². The number of oxime groups is 1. The fourth-order valence-electron chi connectivity index (χ4n) is 1.74. The van der Waals surface area contributed by atoms with Gasteiger partial charge in [0.1, 0.15) is 5.75 Å². The molecule has 0 saturated heterocycles. The van der Waals surface area contributed by atoms with Gasteiger partial charge in [-0.25, -0.2) is 0 Å². The predicted octanol–water partition coefficient (Wildman–Crippen LogP) is 2.45. The summed E-state index contributed by atoms with van der Waals surface area (Å²) in [6.07, 6.45) is 1.23. The Morgan fingerprint density at radius 2 is 2.30 bits per heavy atom. The highest BCUT2D eigenvalue weighted by molar-refractivity contribution is 6.32. The number of nitrogens with two attached hydrogens (primary N) is 1. The maximum Gasteiger partial charge on any atom is 0.235 e. The van der Waals surface area contributed by atoms with Crippen molar-refractivity contribution in [1.29, 1.82) is 0 Å². The van der Waals surface area contributed by atoms with Gasteiger partial charge in [-0.1, -0.05) is 30.1 Å². The Kier molecular flexibility index (Phi) is 6.11. The molecule has 1 unspecified atom stereocenters. The summed E-state index contributed by atoms with van der Waals surface area (Å²) in [5.41, 5.74) is 6.06. The van der Waals surface area contributed by atoms with Gasteiger partial charge in [0.2, 0.25) is 5.91 Å². The molecule has 110 valence electrons. The van der Waals surface area contributed by atoms with E-state index in [2.05, 4.69) is 10.5 Å². The molecule has 4 N–H and O–H groups in total. The molecule has 0 heterocycles. The predicted molar refractivity (Wildman–Crippen MR) is 78.4 cm³/mol. The fraction of sp³-hybridized carbons (Fsp3) is 0.385. The molecule has 0 saturated carbocycles. The number of rotatable bonds is 6. The van der Waals surface area contributed by atoms with Gasteiger partial charge in [-0.3, -0.25) is 4.79 Å². The number of anilines is 1. The number of amidine groups is 1. The van der Waals surface area contributed by atoms with Gasteiger partial charge >= 0.3 is 0 Å². The molecular weight excluding hydrogens is 282 g/mol. The Bertz CT molecular complexity index is 506. The highest BCUT2D eigenvalue weighted by atomic mass is 35.5. The van der Waals surface area contributed by atoms with E-state index in [9.17, 15) is 4.79 Å². The van der Waals surface area contributed by atoms with E-state index in [1.807, 2.05) is 6.92 Å². The monoisotopic (exact) mass is 299 g/mol. The number of nitrogens with one attached hydrogen (secondary N) is 1. The number of hydrogen-bond acceptors (Lipinski definition) is 4. The van der Waals surface area contributed by atoms with Crippen LogP contribution in [0.25, 0.3) is 0 Å². The minimum atomic E-state index is -0.674. The molecule has 6 nitrogen and oxygen atoms in total. The average Bonchev–Trinajstić information content (AvgIpc) is 2.45. The molecule has 0 fully saturated rings. The van der Waals surface area contributed by atoms with E-state index in [1.165, 1.54) is 7.11 Å². The van der Waals surface area contributed by atoms with Crippen molar-refractivity contribution in [3.05, 3.63) is 23.2 Å². The number of benzene rings is 1. The van der Waals surface area contributed by atoms with E-state index in [-0.39, 0.29) is 11.7 Å². The molecule has 0 aliphatic carbocycles. The summed E-state index contributed by atoms with van der Waals surface area (Å²) in [5, 5.41) is 14.8. The number of halogens is 1. The Morgan fingerprint density at radius 1 is 1.60 bits per heavy atom. The van der Waals surface area contributed by atoms with Gasteiger partial charge in [0, 0.05) is 11.8 Å². The van der Waals surface area contributed by atoms with Crippen LogP contribution in [0.4, 0.5) is 5.69 Å². The van der Waals surface area contributed by atoms with Crippen molar-refractivity contribution in [3.63, 3.8) is 0 Å². The van der Waals surface area contributed by atoms with Crippen molar-refractivity contribution in [2.45, 2.75) is 19.8 Å². The minimum Gasteiger partial charge on any atom is -0.495 e. The van der Waals surface area contributed by atoms with Crippen LogP contribution in [0.15, 0.2) is 23.4 Å². The van der Waals surface area contributed by atoms with Crippen LogP contribution in [0.1, 0.15) is 19.8 Å². The second-order valence-electron chi connectivity index (χ2n) is 4.20. The highest BCUT2D eigenvalue weighted by Gasteiger charge is 2.22. The van der Waals surface area contributed by atoms with Crippen LogP contribution < -0.4 is 15.8 Å². The molecule has 0 aromatic heterocycles. The van der Waals surface area contributed by atoms with Crippen molar-refractivity contribution < 1.29 is 14.7 Å². The number of hydrogen-bond donors (Lipinski definition) is 3. The SMILES string of the molecule is CCCC(C(=O)Nc1ccc(Cl)c(OC)c1)/C(N)=N/O. The van der Waals surface area contributed by atoms with Gasteiger partial charge in [-0.05, 0) is 18.6 Å². The quantitative estimate of drug-likeness (QED) is 0.325. The third kappa shape index (κ3) is 4.03. The van der Waals surface area contributed by atoms with E-state index in [1.54, 1.807) is 18.2 Å². The Balaban J connectivity index is 2.88. The summed E-state index contributed by atoms with van der Waals surface area (Å²) in [6.45, 7) is 1.91. The van der Waals surface area contributed by atoms with E-state index in [0.29, 0.717) is 22.9 Å². The fourth-order valence-corrected chi connectivity index (χ4v) is 1.93. The summed E-state index contributed by atoms with van der Waals surface area (Å²) in [5.74, 6) is -0.663. The zero-order valence-electron chi connectivity index (χ0n) is 11.4. The van der Waals surface area contributed by atoms with Gasteiger partial charge < -0.3 is 21.0 Å². The maximum atomic E-state index is 12.1. The molecule has 0 aliphatic rings. The summed E-state index contributed by atoms with van der Waals surface area (Å²) in [6, 6.07) is 4.88. The van der Waals surface area contributed by atoms with E-state index in [4.69, 9.17) is 27.3 Å². The van der Waals surface area contributed by atoms with E-state index in [0.717, 1.165) is 6.42 Å². The van der Waals surface area contributed by atoms with Crippen LogP contribution >= 0.6 is 11.6 Å². The summed E-state index contributed by atoms with van der Waals surface area (Å²) in [4.78, 5) is 12.1. The number of carbonyl (C=O) groups is 1. The zero-order valence-corrected chi connectivity index (χ0v) is 12.1. The molecule has 1 amide bonds. The normalized spacial score (nSPS) is 12.8. The standard InChI is InChI=1S/C13H18ClN3O3/c1-3-4-9(12(15)17-19)13(18)16-8-5-6-10(14)11(7-8)20-2/h5-7,9,19H,3-4H2,1-2H3,(H2,15,17)(H,16,18). The van der Waals surface area contributed by atoms with Gasteiger partial charge in [-0.15, -0.1) is 0 Å². The van der Waals surface area contributed by atoms with Gasteiger partial charge in [0.25, 0.3) is 0 Å². The maximum absolute atomic E-state index is 12.1. The second-order valence-corrected chi connectivity index (χ2v) is 4.61. The molecule has 20 heavy (non-hydrogen) atoms. The Morgan fingerprint density at radius 3 is 2.85 bits per heavy atom. The molecular formula is C13H18ClN3O3. The second kappa shape index (κ2) is 7.59. The third-order valence-electron chi connectivity index (χ3n) is 2.78. The number of nitrogens with zero attached hydrogens (tertiary/aromatic N) is 1. The van der Waals surface area contributed by atoms with Gasteiger partial charge in [0.15, 0.2) is 5.84 Å². The number of amides is 1. The summed E-state index contributed by atoms with van der Waals surface area (Å²) in [7, 11) is 1.49. The first-order chi connectivity index (χ1) is 9.53. The lowest BCUT2D eigenvalue weighted by atomic mass is 10.0. The third-order valence-corrected chi connectivity index (χ3v) is 3.10. The van der Waals surface area contributed by atoms with Gasteiger partial charge in [-0.2, -0.15) is 0 Å². The number of ether oxygens (including phenoxy) is 1. The minimum absolute atomic E-state index is 0.106. The highest BCUT2D eigenvalue weighted by Crippen LogP contribution is 2.27. The average molecular weight is 300 g/mol. The first-order valence-electron chi connectivity index (χ1n) is 6.15. The van der Waals surface area contributed by atoms with E-state index < -0.39 is 5.92 Å². The van der Waals surface area contributed by atoms with Crippen molar-refractivity contribution in [2.75, 3.05) is 12.4 Å². The lowest BCUT2D eigenvalue weighted by Gasteiger charge is -2.15. The summed E-state index contributed by atoms with van der Waals surface area (Å²) < 4.78 is 5.07. The van der Waals surface area contributed by atoms with Crippen molar-refractivity contribution >= 4 is 29.0 Å². The molecule has 0 radical (unpaired) electrons. The molecule has 0 spiro atoms. The molecule has 0 aliphatic heterocycles. The zero-order chi connectivity index (χ0) is 15.1. The first-order valence-corrected chi connectivity index (χ1v) is 6.53. The van der Waals surface area contributed by atoms with Gasteiger partial charge in [0.05, 0.1) is 18.1 Å². The molecule has 1 aromatic carbocycles. The van der Waals surface area contributed by atoms with Crippen LogP contribution in [0, 0.1) is 5.92 Å². The van der Waals surface area contributed by atoms with Crippen LogP contribution in [0.2, 0.25) is 5.02 Å². The van der Waals surface area contributed by atoms with Crippen LogP contribution in [-0.2, 0) is 4.79 Å². The van der Waals surface area contributed by atoms with Crippen LogP contribution in [-0.4, -0.2) is 24.1 Å². The lowest BCUT2D eigenvalue weighted by molar-refractivity contribution is -0.118. The van der Waals surface area contributed by atoms with Crippen molar-refractivity contribution in [3.8, 4) is 5.75 Å². The number of methoxy groups -OCH3 is 1. The molecule has 1 aromatic rings. The smallest absolute Gasteiger partial charge is 0.235 e. The molecule has 0 bridgehead atoms. The molecule has 1 atom stereocenters. The van der Waals surface area contributed by atoms with Crippen molar-refractivity contribution in [2.24, 2.45) is 16.8 Å².